The first-order valence-corrected chi connectivity index (χ1v) is 14.9. The van der Waals surface area contributed by atoms with Crippen molar-refractivity contribution in [1.29, 1.82) is 0 Å². The number of likely N-dealkylation sites (N-methyl/N-ethyl adjacent to an activating group) is 1. The van der Waals surface area contributed by atoms with Crippen LogP contribution in [0.15, 0.2) is 52.0 Å². The number of nitrogens with one attached hydrogen (secondary N) is 2. The number of thioether (sulfide) groups is 2. The maximum Gasteiger partial charge on any atom is 0.352 e. The Bertz CT molecular complexity index is 1210. The number of thiazole rings is 1. The van der Waals surface area contributed by atoms with E-state index in [0.717, 1.165) is 45.1 Å². The van der Waals surface area contributed by atoms with Crippen molar-refractivity contribution in [1.82, 2.24) is 20.5 Å². The number of carbonyl (C=O) groups is 3. The number of carbonyl (C=O) groups excluding carboxylic acids is 2. The van der Waals surface area contributed by atoms with E-state index in [1.54, 1.807) is 0 Å². The highest BCUT2D eigenvalue weighted by Gasteiger charge is 2.53. The predicted molar refractivity (Wildman–Crippen MR) is 150 cm³/mol. The average Bonchev–Trinajstić information content (AvgIpc) is 3.28. The summed E-state index contributed by atoms with van der Waals surface area (Å²) in [6, 6.07) is 7.07. The van der Waals surface area contributed by atoms with Gasteiger partial charge in [0.25, 0.3) is 5.91 Å². The lowest BCUT2D eigenvalue weighted by atomic mass is 10.0. The third kappa shape index (κ3) is 6.55. The van der Waals surface area contributed by atoms with E-state index in [1.807, 2.05) is 43.5 Å². The minimum absolute atomic E-state index is 0.0137. The zero-order chi connectivity index (χ0) is 26.6. The summed E-state index contributed by atoms with van der Waals surface area (Å²) in [6.07, 6.45) is 4.87. The lowest BCUT2D eigenvalue weighted by molar-refractivity contribution is -0.884. The first-order chi connectivity index (χ1) is 17.7. The number of aliphatic carboxylic acids is 1. The molecule has 2 aliphatic heterocycles. The van der Waals surface area contributed by atoms with Crippen molar-refractivity contribution < 1.29 is 24.0 Å². The molecule has 37 heavy (non-hydrogen) atoms. The molecule has 1 aromatic carbocycles. The molecule has 2 aromatic rings. The van der Waals surface area contributed by atoms with Gasteiger partial charge < -0.3 is 20.2 Å². The van der Waals surface area contributed by atoms with Crippen LogP contribution in [0.3, 0.4) is 0 Å². The van der Waals surface area contributed by atoms with Crippen LogP contribution in [0.25, 0.3) is 10.2 Å². The zero-order valence-corrected chi connectivity index (χ0v) is 23.5. The molecule has 198 valence electrons. The van der Waals surface area contributed by atoms with Gasteiger partial charge in [0.2, 0.25) is 5.91 Å². The van der Waals surface area contributed by atoms with Crippen LogP contribution in [0.2, 0.25) is 0 Å². The van der Waals surface area contributed by atoms with E-state index >= 15 is 0 Å². The van der Waals surface area contributed by atoms with E-state index in [0.29, 0.717) is 11.3 Å². The molecule has 4 rings (SSSR count). The fourth-order valence-corrected chi connectivity index (χ4v) is 7.48. The number of hydrogen-bond acceptors (Lipinski definition) is 8. The van der Waals surface area contributed by atoms with Crippen LogP contribution in [0, 0.1) is 0 Å². The van der Waals surface area contributed by atoms with Gasteiger partial charge in [-0.2, -0.15) is 0 Å². The molecule has 0 radical (unpaired) electrons. The van der Waals surface area contributed by atoms with Gasteiger partial charge in [-0.15, -0.1) is 23.1 Å². The van der Waals surface area contributed by atoms with Crippen LogP contribution in [-0.4, -0.2) is 101 Å². The molecule has 1 saturated heterocycles. The van der Waals surface area contributed by atoms with E-state index < -0.39 is 17.4 Å². The fourth-order valence-electron chi connectivity index (χ4n) is 4.28. The Hall–Kier alpha value is -2.38. The molecule has 0 unspecified atom stereocenters. The van der Waals surface area contributed by atoms with Crippen molar-refractivity contribution in [2.75, 3.05) is 52.3 Å². The highest BCUT2D eigenvalue weighted by Crippen LogP contribution is 2.40. The molecule has 3 heterocycles. The smallest absolute Gasteiger partial charge is 0.352 e. The Balaban J connectivity index is 1.34. The summed E-state index contributed by atoms with van der Waals surface area (Å²) in [4.78, 5) is 43.4. The molecule has 2 atom stereocenters. The highest BCUT2D eigenvalue weighted by atomic mass is 32.2. The zero-order valence-electron chi connectivity index (χ0n) is 21.1. The van der Waals surface area contributed by atoms with Gasteiger partial charge in [0, 0.05) is 18.7 Å². The highest BCUT2D eigenvalue weighted by molar-refractivity contribution is 8.01. The van der Waals surface area contributed by atoms with Crippen molar-refractivity contribution >= 4 is 62.9 Å². The standard InChI is InChI=1S/C25H31N5O4S3/c1-26-11-7-13-30(2,3)12-6-8-16-14-35-23-20(22(32)29(23)21(16)24(33)34)28-19(31)15-36-25-27-17-9-4-5-10-18(17)37-25/h4-6,8-10,20,23,26H,7,11-15H2,1-3H3,(H-,28,31,33,34)/p+1/b8-6+/t20-,23-/m1/s1. The maximum absolute atomic E-state index is 12.9. The molecule has 1 fully saturated rings. The number of carboxylic acid groups (broad SMARTS) is 1. The largest absolute Gasteiger partial charge is 0.477 e. The fraction of sp³-hybridized carbons (Fsp3) is 0.440. The number of nitrogens with zero attached hydrogens (tertiary/aromatic N) is 3. The topological polar surface area (TPSA) is 112 Å². The molecule has 0 aliphatic carbocycles. The minimum atomic E-state index is -1.13. The number of rotatable bonds is 12. The van der Waals surface area contributed by atoms with Crippen LogP contribution in [-0.2, 0) is 14.4 Å². The summed E-state index contributed by atoms with van der Waals surface area (Å²) in [5.41, 5.74) is 1.53. The van der Waals surface area contributed by atoms with Crippen LogP contribution >= 0.6 is 34.9 Å². The number of carboxylic acids is 1. The molecular weight excluding hydrogens is 531 g/mol. The molecular formula is C25H32N5O4S3+. The Kier molecular flexibility index (Phi) is 8.96. The van der Waals surface area contributed by atoms with Crippen molar-refractivity contribution in [2.45, 2.75) is 22.2 Å². The van der Waals surface area contributed by atoms with Crippen molar-refractivity contribution in [3.63, 3.8) is 0 Å². The summed E-state index contributed by atoms with van der Waals surface area (Å²) < 4.78 is 2.64. The summed E-state index contributed by atoms with van der Waals surface area (Å²) in [5.74, 6) is -1.18. The lowest BCUT2D eigenvalue weighted by Crippen LogP contribution is -2.70. The van der Waals surface area contributed by atoms with Crippen LogP contribution in [0.1, 0.15) is 6.42 Å². The average molecular weight is 563 g/mol. The maximum atomic E-state index is 12.9. The number of quaternary nitrogens is 1. The van der Waals surface area contributed by atoms with Gasteiger partial charge in [-0.25, -0.2) is 9.78 Å². The van der Waals surface area contributed by atoms with Crippen molar-refractivity contribution in [3.05, 3.63) is 47.7 Å². The summed E-state index contributed by atoms with van der Waals surface area (Å²) in [6.45, 7) is 2.70. The summed E-state index contributed by atoms with van der Waals surface area (Å²) in [5, 5.41) is 15.4. The molecule has 0 bridgehead atoms. The van der Waals surface area contributed by atoms with Gasteiger partial charge in [-0.3, -0.25) is 14.5 Å². The van der Waals surface area contributed by atoms with Crippen LogP contribution in [0.4, 0.5) is 0 Å². The van der Waals surface area contributed by atoms with Gasteiger partial charge in [0.1, 0.15) is 17.1 Å². The van der Waals surface area contributed by atoms with Crippen LogP contribution in [0.5, 0.6) is 0 Å². The third-order valence-electron chi connectivity index (χ3n) is 6.23. The molecule has 3 N–H and O–H groups in total. The molecule has 2 amide bonds. The SMILES string of the molecule is CNCCC[N+](C)(C)C/C=C/C1=C(C(=O)O)N2C(=O)[C@@H](NC(=O)CSc3nc4ccccc4s3)[C@H]2SC1. The lowest BCUT2D eigenvalue weighted by Gasteiger charge is -2.49. The third-order valence-corrected chi connectivity index (χ3v) is 9.71. The molecule has 0 saturated carbocycles. The van der Waals surface area contributed by atoms with Crippen molar-refractivity contribution in [3.8, 4) is 0 Å². The first-order valence-electron chi connectivity index (χ1n) is 12.0. The molecule has 0 spiro atoms. The molecule has 1 aromatic heterocycles. The van der Waals surface area contributed by atoms with Crippen LogP contribution < -0.4 is 10.6 Å². The number of β-lactam (4-membered cyclic amide) rings is 1. The molecule has 2 aliphatic rings. The number of para-hydroxylation sites is 1. The van der Waals surface area contributed by atoms with E-state index in [4.69, 9.17) is 0 Å². The van der Waals surface area contributed by atoms with E-state index in [2.05, 4.69) is 29.7 Å². The Morgan fingerprint density at radius 2 is 2.11 bits per heavy atom. The van der Waals surface area contributed by atoms with E-state index in [-0.39, 0.29) is 23.3 Å². The monoisotopic (exact) mass is 562 g/mol. The first kappa shape index (κ1) is 27.6. The van der Waals surface area contributed by atoms with Gasteiger partial charge in [0.05, 0.1) is 43.2 Å². The minimum Gasteiger partial charge on any atom is -0.477 e. The Morgan fingerprint density at radius 3 is 2.84 bits per heavy atom. The molecule has 9 nitrogen and oxygen atoms in total. The second kappa shape index (κ2) is 12.0. The number of hydrogen-bond donors (Lipinski definition) is 3. The van der Waals surface area contributed by atoms with Gasteiger partial charge >= 0.3 is 5.97 Å². The summed E-state index contributed by atoms with van der Waals surface area (Å²) in [7, 11) is 6.21. The van der Waals surface area contributed by atoms with Gasteiger partial charge in [-0.1, -0.05) is 30.0 Å². The Morgan fingerprint density at radius 1 is 1.32 bits per heavy atom. The number of amides is 2. The second-order valence-electron chi connectivity index (χ2n) is 9.57. The molecule has 12 heteroatoms. The predicted octanol–water partition coefficient (Wildman–Crippen LogP) is 2.37. The Labute approximate surface area is 229 Å². The quantitative estimate of drug-likeness (QED) is 0.157. The van der Waals surface area contributed by atoms with Crippen molar-refractivity contribution in [2.24, 2.45) is 0 Å². The number of benzene rings is 1. The number of aromatic nitrogens is 1. The van der Waals surface area contributed by atoms with E-state index in [1.165, 1.54) is 39.8 Å². The normalized spacial score (nSPS) is 19.9. The number of fused-ring (bicyclic) bond motifs is 2. The van der Waals surface area contributed by atoms with Gasteiger partial charge in [-0.05, 0) is 30.8 Å². The summed E-state index contributed by atoms with van der Waals surface area (Å²) >= 11 is 4.33. The van der Waals surface area contributed by atoms with Gasteiger partial charge in [0.15, 0.2) is 4.34 Å². The second-order valence-corrected chi connectivity index (χ2v) is 12.9. The van der Waals surface area contributed by atoms with E-state index in [9.17, 15) is 19.5 Å². The number of allylic oxidation sites excluding steroid dienone is 1.